The lowest BCUT2D eigenvalue weighted by Gasteiger charge is -2.10. The first-order valence-electron chi connectivity index (χ1n) is 15.2. The van der Waals surface area contributed by atoms with Crippen molar-refractivity contribution in [2.24, 2.45) is 0 Å². The quantitative estimate of drug-likeness (QED) is 0.202. The maximum atomic E-state index is 9.71. The summed E-state index contributed by atoms with van der Waals surface area (Å²) < 4.78 is 2.29. The molecule has 0 aliphatic heterocycles. The van der Waals surface area contributed by atoms with Crippen molar-refractivity contribution in [1.29, 1.82) is 5.26 Å². The molecule has 0 bridgehead atoms. The molecule has 0 aliphatic carbocycles. The van der Waals surface area contributed by atoms with Gasteiger partial charge in [-0.3, -0.25) is 0 Å². The van der Waals surface area contributed by atoms with Gasteiger partial charge in [0.1, 0.15) is 0 Å². The van der Waals surface area contributed by atoms with Crippen LogP contribution in [0, 0.1) is 11.3 Å². The molecule has 0 amide bonds. The molecule has 7 aromatic carbocycles. The molecule has 8 rings (SSSR count). The molecule has 0 fully saturated rings. The number of hydrogen-bond donors (Lipinski definition) is 0. The third-order valence-corrected chi connectivity index (χ3v) is 8.61. The molecule has 1 aromatic heterocycles. The first-order valence-corrected chi connectivity index (χ1v) is 15.2. The van der Waals surface area contributed by atoms with Crippen molar-refractivity contribution < 1.29 is 0 Å². The van der Waals surface area contributed by atoms with Crippen molar-refractivity contribution in [2.75, 3.05) is 0 Å². The predicted molar refractivity (Wildman–Crippen MR) is 187 cm³/mol. The summed E-state index contributed by atoms with van der Waals surface area (Å²) in [5.74, 6) is 0. The number of nitriles is 1. The summed E-state index contributed by atoms with van der Waals surface area (Å²) in [7, 11) is 0. The van der Waals surface area contributed by atoms with Crippen molar-refractivity contribution in [2.45, 2.75) is 0 Å². The average molecular weight is 573 g/mol. The minimum Gasteiger partial charge on any atom is -0.309 e. The third-order valence-electron chi connectivity index (χ3n) is 8.61. The van der Waals surface area contributed by atoms with Crippen LogP contribution < -0.4 is 0 Å². The van der Waals surface area contributed by atoms with Crippen LogP contribution >= 0.6 is 0 Å². The molecule has 0 saturated carbocycles. The highest BCUT2D eigenvalue weighted by molar-refractivity contribution is 6.11. The van der Waals surface area contributed by atoms with Gasteiger partial charge in [-0.2, -0.15) is 5.26 Å². The molecule has 0 unspecified atom stereocenters. The van der Waals surface area contributed by atoms with E-state index < -0.39 is 0 Å². The highest BCUT2D eigenvalue weighted by atomic mass is 15.0. The first-order chi connectivity index (χ1) is 22.2. The van der Waals surface area contributed by atoms with E-state index in [0.717, 1.165) is 22.3 Å². The van der Waals surface area contributed by atoms with Gasteiger partial charge in [0.25, 0.3) is 0 Å². The van der Waals surface area contributed by atoms with Gasteiger partial charge in [0, 0.05) is 16.5 Å². The van der Waals surface area contributed by atoms with E-state index in [0.29, 0.717) is 5.56 Å². The summed E-state index contributed by atoms with van der Waals surface area (Å²) in [4.78, 5) is 0. The van der Waals surface area contributed by atoms with Crippen LogP contribution in [-0.4, -0.2) is 4.57 Å². The van der Waals surface area contributed by atoms with Gasteiger partial charge < -0.3 is 4.57 Å². The van der Waals surface area contributed by atoms with Crippen LogP contribution in [-0.2, 0) is 0 Å². The van der Waals surface area contributed by atoms with Crippen molar-refractivity contribution in [3.63, 3.8) is 0 Å². The minimum absolute atomic E-state index is 0.642. The minimum atomic E-state index is 0.642. The van der Waals surface area contributed by atoms with E-state index in [2.05, 4.69) is 156 Å². The highest BCUT2D eigenvalue weighted by Crippen LogP contribution is 2.38. The van der Waals surface area contributed by atoms with Crippen LogP contribution in [0.3, 0.4) is 0 Å². The molecule has 0 atom stereocenters. The molecule has 210 valence electrons. The van der Waals surface area contributed by atoms with Crippen molar-refractivity contribution >= 4 is 21.8 Å². The monoisotopic (exact) mass is 572 g/mol. The average Bonchev–Trinajstić information content (AvgIpc) is 3.45. The maximum Gasteiger partial charge on any atom is 0.0992 e. The molecule has 0 aliphatic rings. The lowest BCUT2D eigenvalue weighted by atomic mass is 9.97. The topological polar surface area (TPSA) is 28.7 Å². The van der Waals surface area contributed by atoms with Gasteiger partial charge in [0.15, 0.2) is 0 Å². The zero-order valence-electron chi connectivity index (χ0n) is 24.6. The van der Waals surface area contributed by atoms with Crippen LogP contribution in [0.4, 0.5) is 0 Å². The van der Waals surface area contributed by atoms with Gasteiger partial charge >= 0.3 is 0 Å². The molecule has 8 aromatic rings. The molecule has 0 radical (unpaired) electrons. The van der Waals surface area contributed by atoms with Gasteiger partial charge in [-0.15, -0.1) is 0 Å². The molecule has 0 N–H and O–H groups in total. The summed E-state index contributed by atoms with van der Waals surface area (Å²) in [6.07, 6.45) is 0. The van der Waals surface area contributed by atoms with Crippen LogP contribution in [0.1, 0.15) is 5.56 Å². The lowest BCUT2D eigenvalue weighted by Crippen LogP contribution is -1.94. The summed E-state index contributed by atoms with van der Waals surface area (Å²) >= 11 is 0. The Hall–Kier alpha value is -6.17. The standard InChI is InChI=1S/C43H28N2/c44-29-30-10-7-19-39(24-30)45-42-23-21-37(35-17-8-15-33(25-35)31-11-3-1-4-12-31)27-41(42)40-22-20-38(28-43(40)45)36-18-9-16-34(26-36)32-13-5-2-6-14-32/h1-28H. The molecule has 0 saturated heterocycles. The number of aromatic nitrogens is 1. The van der Waals surface area contributed by atoms with Gasteiger partial charge in [-0.1, -0.05) is 121 Å². The van der Waals surface area contributed by atoms with Gasteiger partial charge in [-0.05, 0) is 93.0 Å². The summed E-state index contributed by atoms with van der Waals surface area (Å²) in [6.45, 7) is 0. The smallest absolute Gasteiger partial charge is 0.0992 e. The van der Waals surface area contributed by atoms with Crippen molar-refractivity contribution in [1.82, 2.24) is 4.57 Å². The Labute approximate surface area is 262 Å². The number of rotatable bonds is 5. The molecule has 2 nitrogen and oxygen atoms in total. The number of benzene rings is 7. The van der Waals surface area contributed by atoms with E-state index in [1.165, 1.54) is 49.7 Å². The third kappa shape index (κ3) is 4.87. The summed E-state index contributed by atoms with van der Waals surface area (Å²) in [5.41, 5.74) is 13.3. The largest absolute Gasteiger partial charge is 0.309 e. The fraction of sp³-hybridized carbons (Fsp3) is 0. The zero-order valence-corrected chi connectivity index (χ0v) is 24.6. The highest BCUT2D eigenvalue weighted by Gasteiger charge is 2.15. The Morgan fingerprint density at radius 3 is 1.49 bits per heavy atom. The molecule has 0 spiro atoms. The van der Waals surface area contributed by atoms with Crippen LogP contribution in [0.25, 0.3) is 72.0 Å². The Bertz CT molecular complexity index is 2370. The fourth-order valence-electron chi connectivity index (χ4n) is 6.39. The van der Waals surface area contributed by atoms with E-state index in [1.807, 2.05) is 24.3 Å². The summed E-state index contributed by atoms with van der Waals surface area (Å²) in [5, 5.41) is 12.1. The van der Waals surface area contributed by atoms with Crippen LogP contribution in [0.15, 0.2) is 170 Å². The Balaban J connectivity index is 1.32. The van der Waals surface area contributed by atoms with Gasteiger partial charge in [-0.25, -0.2) is 0 Å². The lowest BCUT2D eigenvalue weighted by molar-refractivity contribution is 1.18. The zero-order chi connectivity index (χ0) is 30.2. The van der Waals surface area contributed by atoms with E-state index in [1.54, 1.807) is 0 Å². The second-order valence-electron chi connectivity index (χ2n) is 11.4. The van der Waals surface area contributed by atoms with E-state index in [9.17, 15) is 5.26 Å². The summed E-state index contributed by atoms with van der Waals surface area (Å²) in [6, 6.07) is 62.2. The van der Waals surface area contributed by atoms with E-state index >= 15 is 0 Å². The second-order valence-corrected chi connectivity index (χ2v) is 11.4. The molecule has 45 heavy (non-hydrogen) atoms. The number of nitrogens with zero attached hydrogens (tertiary/aromatic N) is 2. The van der Waals surface area contributed by atoms with E-state index in [4.69, 9.17) is 0 Å². The maximum absolute atomic E-state index is 9.71. The molecular weight excluding hydrogens is 544 g/mol. The van der Waals surface area contributed by atoms with Crippen LogP contribution in [0.5, 0.6) is 0 Å². The normalized spacial score (nSPS) is 11.1. The fourth-order valence-corrected chi connectivity index (χ4v) is 6.39. The first kappa shape index (κ1) is 26.5. The molecular formula is C43H28N2. The SMILES string of the molecule is N#Cc1cccc(-n2c3ccc(-c4cccc(-c5ccccc5)c4)cc3c3ccc(-c4cccc(-c5ccccc5)c4)cc32)c1. The Morgan fingerprint density at radius 1 is 0.356 bits per heavy atom. The molecule has 2 heteroatoms. The second kappa shape index (κ2) is 11.2. The molecule has 1 heterocycles. The number of fused-ring (bicyclic) bond motifs is 3. The van der Waals surface area contributed by atoms with Crippen molar-refractivity contribution in [3.05, 3.63) is 175 Å². The van der Waals surface area contributed by atoms with Gasteiger partial charge in [0.05, 0.1) is 22.7 Å². The Morgan fingerprint density at radius 2 is 0.867 bits per heavy atom. The number of hydrogen-bond acceptors (Lipinski definition) is 1. The van der Waals surface area contributed by atoms with Crippen LogP contribution in [0.2, 0.25) is 0 Å². The predicted octanol–water partition coefficient (Wildman–Crippen LogP) is 11.3. The van der Waals surface area contributed by atoms with E-state index in [-0.39, 0.29) is 0 Å². The van der Waals surface area contributed by atoms with Gasteiger partial charge in [0.2, 0.25) is 0 Å². The van der Waals surface area contributed by atoms with Crippen molar-refractivity contribution in [3.8, 4) is 56.3 Å². The Kier molecular flexibility index (Phi) is 6.56.